The van der Waals surface area contributed by atoms with E-state index in [1.807, 2.05) is 43.6 Å². The van der Waals surface area contributed by atoms with Crippen molar-refractivity contribution in [2.24, 2.45) is 12.0 Å². The number of thioether (sulfide) groups is 1. The Morgan fingerprint density at radius 2 is 2.09 bits per heavy atom. The summed E-state index contributed by atoms with van der Waals surface area (Å²) in [5, 5.41) is 9.78. The molecule has 1 aromatic carbocycles. The third-order valence-corrected chi connectivity index (χ3v) is 4.62. The summed E-state index contributed by atoms with van der Waals surface area (Å²) in [5.74, 6) is -0.343. The first-order valence-electron chi connectivity index (χ1n) is 6.97. The van der Waals surface area contributed by atoms with E-state index in [2.05, 4.69) is 27.8 Å². The molecule has 3 rings (SSSR count). The Labute approximate surface area is 133 Å². The molecule has 0 amide bonds. The zero-order chi connectivity index (χ0) is 15.5. The van der Waals surface area contributed by atoms with Gasteiger partial charge in [0.15, 0.2) is 6.04 Å². The number of hydrogen-bond acceptors (Lipinski definition) is 3. The molecular weight excluding hydrogens is 296 g/mol. The zero-order valence-electron chi connectivity index (χ0n) is 12.1. The molecule has 2 aromatic rings. The molecule has 0 radical (unpaired) electrons. The number of aryl methyl sites for hydroxylation is 1. The maximum Gasteiger partial charge on any atom is 0.329 e. The summed E-state index contributed by atoms with van der Waals surface area (Å²) in [6.45, 7) is 0. The monoisotopic (exact) mass is 312 g/mol. The van der Waals surface area contributed by atoms with Gasteiger partial charge in [-0.3, -0.25) is 4.99 Å². The van der Waals surface area contributed by atoms with Gasteiger partial charge in [-0.2, -0.15) is 0 Å². The molecule has 112 valence electrons. The number of hydrogen-bond donors (Lipinski definition) is 1. The predicted octanol–water partition coefficient (Wildman–Crippen LogP) is 3.14. The third-order valence-electron chi connectivity index (χ3n) is 3.52. The molecule has 0 bridgehead atoms. The molecule has 0 spiro atoms. The van der Waals surface area contributed by atoms with Crippen LogP contribution in [0.25, 0.3) is 12.2 Å². The fraction of sp³-hybridized carbons (Fsp3) is 0.176. The van der Waals surface area contributed by atoms with Crippen LogP contribution in [0.2, 0.25) is 0 Å². The number of carboxylic acid groups (broad SMARTS) is 1. The lowest BCUT2D eigenvalue weighted by Crippen LogP contribution is -2.17. The second-order valence-electron chi connectivity index (χ2n) is 5.10. The molecule has 4 nitrogen and oxygen atoms in total. The second kappa shape index (κ2) is 6.23. The minimum Gasteiger partial charge on any atom is -0.480 e. The van der Waals surface area contributed by atoms with E-state index >= 15 is 0 Å². The van der Waals surface area contributed by atoms with Gasteiger partial charge in [0.05, 0.1) is 5.04 Å². The normalized spacial score (nSPS) is 17.9. The van der Waals surface area contributed by atoms with Crippen LogP contribution in [0.5, 0.6) is 0 Å². The first-order chi connectivity index (χ1) is 10.6. The molecule has 5 heteroatoms. The van der Waals surface area contributed by atoms with Crippen LogP contribution in [0.3, 0.4) is 0 Å². The van der Waals surface area contributed by atoms with E-state index in [0.717, 1.165) is 21.9 Å². The molecule has 0 unspecified atom stereocenters. The van der Waals surface area contributed by atoms with Gasteiger partial charge in [0.1, 0.15) is 0 Å². The number of carboxylic acids is 1. The quantitative estimate of drug-likeness (QED) is 0.943. The number of rotatable bonds is 4. The molecule has 1 aromatic heterocycles. The average molecular weight is 312 g/mol. The largest absolute Gasteiger partial charge is 0.480 e. The Bertz CT molecular complexity index is 744. The standard InChI is InChI=1S/C17H16N2O2S/c1-19-10-2-3-14(19)9-6-12-4-7-13(8-5-12)16-18-15(11-22-16)17(20)21/h2-10,15H,11H2,1H3,(H,20,21)/b9-6+/t15-/m1/s1. The van der Waals surface area contributed by atoms with Crippen LogP contribution in [0.4, 0.5) is 0 Å². The van der Waals surface area contributed by atoms with Gasteiger partial charge in [0, 0.05) is 30.3 Å². The Balaban J connectivity index is 1.74. The minimum atomic E-state index is -0.857. The van der Waals surface area contributed by atoms with Crippen LogP contribution >= 0.6 is 11.8 Å². The molecule has 1 atom stereocenters. The number of benzene rings is 1. The summed E-state index contributed by atoms with van der Waals surface area (Å²) in [4.78, 5) is 15.2. The number of aliphatic imine (C=N–C) groups is 1. The molecule has 1 N–H and O–H groups in total. The highest BCUT2D eigenvalue weighted by molar-refractivity contribution is 8.14. The van der Waals surface area contributed by atoms with Crippen molar-refractivity contribution in [3.63, 3.8) is 0 Å². The van der Waals surface area contributed by atoms with Crippen molar-refractivity contribution in [1.82, 2.24) is 4.57 Å². The van der Waals surface area contributed by atoms with Gasteiger partial charge in [0.2, 0.25) is 0 Å². The highest BCUT2D eigenvalue weighted by Gasteiger charge is 2.24. The maximum absolute atomic E-state index is 10.9. The lowest BCUT2D eigenvalue weighted by Gasteiger charge is -2.01. The van der Waals surface area contributed by atoms with Gasteiger partial charge in [-0.1, -0.05) is 30.3 Å². The Morgan fingerprint density at radius 1 is 1.32 bits per heavy atom. The highest BCUT2D eigenvalue weighted by atomic mass is 32.2. The summed E-state index contributed by atoms with van der Waals surface area (Å²) in [7, 11) is 2.01. The van der Waals surface area contributed by atoms with Crippen LogP contribution in [-0.2, 0) is 11.8 Å². The third kappa shape index (κ3) is 3.14. The summed E-state index contributed by atoms with van der Waals surface area (Å²) in [5.41, 5.74) is 3.22. The molecule has 22 heavy (non-hydrogen) atoms. The summed E-state index contributed by atoms with van der Waals surface area (Å²) >= 11 is 1.50. The van der Waals surface area contributed by atoms with Gasteiger partial charge in [-0.05, 0) is 23.8 Å². The van der Waals surface area contributed by atoms with Crippen LogP contribution in [0.1, 0.15) is 16.8 Å². The summed E-state index contributed by atoms with van der Waals surface area (Å²) < 4.78 is 2.06. The van der Waals surface area contributed by atoms with Gasteiger partial charge < -0.3 is 9.67 Å². The number of carbonyl (C=O) groups is 1. The van der Waals surface area contributed by atoms with Crippen LogP contribution < -0.4 is 0 Å². The summed E-state index contributed by atoms with van der Waals surface area (Å²) in [6.07, 6.45) is 6.14. The van der Waals surface area contributed by atoms with Crippen molar-refractivity contribution < 1.29 is 9.90 Å². The molecule has 0 aliphatic carbocycles. The smallest absolute Gasteiger partial charge is 0.329 e. The van der Waals surface area contributed by atoms with E-state index in [4.69, 9.17) is 5.11 Å². The maximum atomic E-state index is 10.9. The predicted molar refractivity (Wildman–Crippen MR) is 91.2 cm³/mol. The Morgan fingerprint density at radius 3 is 2.68 bits per heavy atom. The fourth-order valence-electron chi connectivity index (χ4n) is 2.22. The van der Waals surface area contributed by atoms with Crippen LogP contribution in [0.15, 0.2) is 47.6 Å². The second-order valence-corrected chi connectivity index (χ2v) is 6.11. The Hall–Kier alpha value is -2.27. The number of aromatic nitrogens is 1. The van der Waals surface area contributed by atoms with Gasteiger partial charge in [-0.15, -0.1) is 11.8 Å². The van der Waals surface area contributed by atoms with Crippen molar-refractivity contribution in [2.45, 2.75) is 6.04 Å². The van der Waals surface area contributed by atoms with Crippen LogP contribution in [0, 0.1) is 0 Å². The molecule has 1 aliphatic heterocycles. The first kappa shape index (κ1) is 14.7. The molecule has 0 fully saturated rings. The molecule has 2 heterocycles. The van der Waals surface area contributed by atoms with E-state index < -0.39 is 12.0 Å². The van der Waals surface area contributed by atoms with Crippen molar-refractivity contribution in [2.75, 3.05) is 5.75 Å². The van der Waals surface area contributed by atoms with Crippen molar-refractivity contribution in [1.29, 1.82) is 0 Å². The first-order valence-corrected chi connectivity index (χ1v) is 7.95. The van der Waals surface area contributed by atoms with Crippen molar-refractivity contribution >= 4 is 34.9 Å². The minimum absolute atomic E-state index is 0.514. The van der Waals surface area contributed by atoms with Crippen molar-refractivity contribution in [3.8, 4) is 0 Å². The van der Waals surface area contributed by atoms with Crippen molar-refractivity contribution in [3.05, 3.63) is 59.4 Å². The molecule has 0 saturated carbocycles. The van der Waals surface area contributed by atoms with E-state index in [1.165, 1.54) is 11.8 Å². The fourth-order valence-corrected chi connectivity index (χ4v) is 3.26. The van der Waals surface area contributed by atoms with Gasteiger partial charge in [0.25, 0.3) is 0 Å². The van der Waals surface area contributed by atoms with Gasteiger partial charge >= 0.3 is 5.97 Å². The Kier molecular flexibility index (Phi) is 4.15. The SMILES string of the molecule is Cn1cccc1/C=C/c1ccc(C2=N[C@@H](C(=O)O)CS2)cc1. The zero-order valence-corrected chi connectivity index (χ0v) is 13.0. The number of aliphatic carboxylic acids is 1. The lowest BCUT2D eigenvalue weighted by atomic mass is 10.1. The van der Waals surface area contributed by atoms with Gasteiger partial charge in [-0.25, -0.2) is 4.79 Å². The topological polar surface area (TPSA) is 54.6 Å². The van der Waals surface area contributed by atoms with Crippen LogP contribution in [-0.4, -0.2) is 32.5 Å². The molecular formula is C17H16N2O2S. The number of nitrogens with zero attached hydrogens (tertiary/aromatic N) is 2. The lowest BCUT2D eigenvalue weighted by molar-refractivity contribution is -0.137. The van der Waals surface area contributed by atoms with E-state index in [1.54, 1.807) is 0 Å². The highest BCUT2D eigenvalue weighted by Crippen LogP contribution is 2.24. The van der Waals surface area contributed by atoms with E-state index in [0.29, 0.717) is 5.75 Å². The summed E-state index contributed by atoms with van der Waals surface area (Å²) in [6, 6.07) is 11.5. The van der Waals surface area contributed by atoms with E-state index in [9.17, 15) is 4.79 Å². The molecule has 1 aliphatic rings. The average Bonchev–Trinajstić information content (AvgIpc) is 3.15. The van der Waals surface area contributed by atoms with E-state index in [-0.39, 0.29) is 0 Å². The molecule has 0 saturated heterocycles.